The van der Waals surface area contributed by atoms with Crippen LogP contribution < -0.4 is 0 Å². The number of hydrogen-bond acceptors (Lipinski definition) is 1. The molecule has 0 spiro atoms. The molecule has 1 aliphatic rings. The Morgan fingerprint density at radius 1 is 0.471 bits per heavy atom. The molecule has 7 aromatic carbocycles. The van der Waals surface area contributed by atoms with Crippen LogP contribution in [0.15, 0.2) is 158 Å². The van der Waals surface area contributed by atoms with E-state index in [4.69, 9.17) is 0 Å². The number of benzene rings is 7. The minimum absolute atomic E-state index is 0.219. The van der Waals surface area contributed by atoms with Crippen LogP contribution in [0.25, 0.3) is 98.7 Å². The standard InChI is InChI=1S/C47H30N4/c1-28-32-14-4-5-16-34(32)38-26-42-46(45-37-18-7-9-20-40(37)49(28)47(38)45)44-33-15-3-2-11-29(33)21-22-41(44)51(42)31-13-10-12-30(25-31)50-39-19-8-6-17-35(39)36-23-24-48-27-43(36)50/h2-28H,1H3/t28-/m0/s1. The molecule has 4 nitrogen and oxygen atoms in total. The van der Waals surface area contributed by atoms with Crippen molar-refractivity contribution in [2.45, 2.75) is 13.0 Å². The van der Waals surface area contributed by atoms with Crippen molar-refractivity contribution in [3.63, 3.8) is 0 Å². The summed E-state index contributed by atoms with van der Waals surface area (Å²) >= 11 is 0. The van der Waals surface area contributed by atoms with E-state index in [-0.39, 0.29) is 6.04 Å². The lowest BCUT2D eigenvalue weighted by Crippen LogP contribution is -2.12. The summed E-state index contributed by atoms with van der Waals surface area (Å²) in [6.07, 6.45) is 3.88. The molecule has 4 heteroatoms. The van der Waals surface area contributed by atoms with E-state index >= 15 is 0 Å². The van der Waals surface area contributed by atoms with Gasteiger partial charge in [-0.05, 0) is 77.4 Å². The summed E-state index contributed by atoms with van der Waals surface area (Å²) in [6, 6.07) is 54.0. The molecule has 4 aromatic heterocycles. The lowest BCUT2D eigenvalue weighted by atomic mass is 9.89. The van der Waals surface area contributed by atoms with E-state index < -0.39 is 0 Å². The molecular formula is C47H30N4. The topological polar surface area (TPSA) is 27.7 Å². The molecule has 0 N–H and O–H groups in total. The van der Waals surface area contributed by atoms with E-state index in [2.05, 4.69) is 171 Å². The highest BCUT2D eigenvalue weighted by atomic mass is 15.0. The summed E-state index contributed by atoms with van der Waals surface area (Å²) < 4.78 is 7.46. The van der Waals surface area contributed by atoms with Crippen molar-refractivity contribution >= 4 is 76.2 Å². The van der Waals surface area contributed by atoms with Crippen molar-refractivity contribution in [2.75, 3.05) is 0 Å². The van der Waals surface area contributed by atoms with Crippen LogP contribution in [0.3, 0.4) is 0 Å². The van der Waals surface area contributed by atoms with Gasteiger partial charge in [-0.15, -0.1) is 0 Å². The zero-order chi connectivity index (χ0) is 33.4. The van der Waals surface area contributed by atoms with Crippen LogP contribution in [0, 0.1) is 0 Å². The molecule has 5 heterocycles. The van der Waals surface area contributed by atoms with Crippen LogP contribution in [-0.4, -0.2) is 18.7 Å². The number of para-hydroxylation sites is 2. The fraction of sp³-hybridized carbons (Fsp3) is 0.0426. The first-order valence-electron chi connectivity index (χ1n) is 17.7. The summed E-state index contributed by atoms with van der Waals surface area (Å²) in [5.41, 5.74) is 13.5. The first-order valence-corrected chi connectivity index (χ1v) is 17.7. The number of fused-ring (bicyclic) bond motifs is 14. The maximum atomic E-state index is 4.55. The van der Waals surface area contributed by atoms with Crippen LogP contribution >= 0.6 is 0 Å². The second-order valence-electron chi connectivity index (χ2n) is 14.0. The van der Waals surface area contributed by atoms with Gasteiger partial charge in [0.2, 0.25) is 0 Å². The Balaban J connectivity index is 1.28. The summed E-state index contributed by atoms with van der Waals surface area (Å²) in [7, 11) is 0. The zero-order valence-electron chi connectivity index (χ0n) is 27.9. The van der Waals surface area contributed by atoms with Gasteiger partial charge < -0.3 is 13.7 Å². The molecule has 12 rings (SSSR count). The predicted molar refractivity (Wildman–Crippen MR) is 213 cm³/mol. The largest absolute Gasteiger partial charge is 0.333 e. The van der Waals surface area contributed by atoms with Gasteiger partial charge in [-0.3, -0.25) is 4.98 Å². The smallest absolute Gasteiger partial charge is 0.0724 e. The summed E-state index contributed by atoms with van der Waals surface area (Å²) in [5, 5.41) is 10.2. The third-order valence-electron chi connectivity index (χ3n) is 11.5. The Hall–Kier alpha value is -6.65. The van der Waals surface area contributed by atoms with Crippen LogP contribution in [-0.2, 0) is 0 Å². The average molecular weight is 651 g/mol. The van der Waals surface area contributed by atoms with Gasteiger partial charge in [0.25, 0.3) is 0 Å². The highest BCUT2D eigenvalue weighted by molar-refractivity contribution is 6.35. The van der Waals surface area contributed by atoms with E-state index in [1.165, 1.54) is 87.4 Å². The van der Waals surface area contributed by atoms with Crippen LogP contribution in [0.5, 0.6) is 0 Å². The third-order valence-corrected chi connectivity index (χ3v) is 11.5. The zero-order valence-corrected chi connectivity index (χ0v) is 27.9. The number of pyridine rings is 1. The maximum absolute atomic E-state index is 4.55. The van der Waals surface area contributed by atoms with Crippen molar-refractivity contribution in [2.24, 2.45) is 0 Å². The average Bonchev–Trinajstić information content (AvgIpc) is 3.83. The first kappa shape index (κ1) is 27.2. The molecule has 11 aromatic rings. The summed E-state index contributed by atoms with van der Waals surface area (Å²) in [4.78, 5) is 4.55. The maximum Gasteiger partial charge on any atom is 0.0724 e. The van der Waals surface area contributed by atoms with Gasteiger partial charge in [-0.1, -0.05) is 97.1 Å². The quantitative estimate of drug-likeness (QED) is 0.183. The van der Waals surface area contributed by atoms with E-state index in [9.17, 15) is 0 Å². The van der Waals surface area contributed by atoms with E-state index in [1.807, 2.05) is 12.4 Å². The fourth-order valence-corrected chi connectivity index (χ4v) is 9.45. The van der Waals surface area contributed by atoms with Gasteiger partial charge in [0.15, 0.2) is 0 Å². The summed E-state index contributed by atoms with van der Waals surface area (Å²) in [5.74, 6) is 0. The molecule has 0 bridgehead atoms. The molecule has 0 unspecified atom stereocenters. The van der Waals surface area contributed by atoms with Crippen molar-refractivity contribution in [3.05, 3.63) is 164 Å². The Labute approximate surface area is 293 Å². The Morgan fingerprint density at radius 2 is 1.18 bits per heavy atom. The van der Waals surface area contributed by atoms with Crippen LogP contribution in [0.4, 0.5) is 0 Å². The normalized spacial score (nSPS) is 14.2. The molecule has 0 saturated carbocycles. The number of hydrogen-bond donors (Lipinski definition) is 0. The van der Waals surface area contributed by atoms with Crippen molar-refractivity contribution < 1.29 is 0 Å². The molecule has 0 radical (unpaired) electrons. The highest BCUT2D eigenvalue weighted by Gasteiger charge is 2.30. The molecule has 0 aliphatic carbocycles. The van der Waals surface area contributed by atoms with Gasteiger partial charge in [-0.25, -0.2) is 0 Å². The lowest BCUT2D eigenvalue weighted by Gasteiger charge is -2.27. The molecule has 51 heavy (non-hydrogen) atoms. The minimum Gasteiger partial charge on any atom is -0.333 e. The van der Waals surface area contributed by atoms with E-state index in [0.717, 1.165) is 16.9 Å². The van der Waals surface area contributed by atoms with Gasteiger partial charge in [-0.2, -0.15) is 0 Å². The molecule has 0 saturated heterocycles. The second-order valence-corrected chi connectivity index (χ2v) is 14.0. The van der Waals surface area contributed by atoms with E-state index in [1.54, 1.807) is 0 Å². The lowest BCUT2D eigenvalue weighted by molar-refractivity contribution is 0.680. The van der Waals surface area contributed by atoms with Gasteiger partial charge in [0.05, 0.1) is 39.8 Å². The Morgan fingerprint density at radius 3 is 2.06 bits per heavy atom. The van der Waals surface area contributed by atoms with Gasteiger partial charge in [0.1, 0.15) is 0 Å². The SMILES string of the molecule is C[C@H]1c2ccccc2-c2cc3c(c4c5ccccc5ccc4n3-c3cccc(-n4c5ccccc5c5ccncc54)c3)c3c4ccccc4n1c23. The highest BCUT2D eigenvalue weighted by Crippen LogP contribution is 2.51. The molecule has 1 aliphatic heterocycles. The van der Waals surface area contributed by atoms with Crippen molar-refractivity contribution in [3.8, 4) is 22.5 Å². The van der Waals surface area contributed by atoms with Crippen LogP contribution in [0.2, 0.25) is 0 Å². The Kier molecular flexibility index (Phi) is 5.19. The monoisotopic (exact) mass is 650 g/mol. The molecular weight excluding hydrogens is 621 g/mol. The Bertz CT molecular complexity index is 3230. The van der Waals surface area contributed by atoms with Crippen molar-refractivity contribution in [1.29, 1.82) is 0 Å². The minimum atomic E-state index is 0.219. The number of rotatable bonds is 2. The molecule has 0 fully saturated rings. The van der Waals surface area contributed by atoms with Crippen molar-refractivity contribution in [1.82, 2.24) is 18.7 Å². The predicted octanol–water partition coefficient (Wildman–Crippen LogP) is 12.1. The first-order chi connectivity index (χ1) is 25.3. The van der Waals surface area contributed by atoms with Gasteiger partial charge >= 0.3 is 0 Å². The molecule has 238 valence electrons. The van der Waals surface area contributed by atoms with E-state index in [0.29, 0.717) is 0 Å². The van der Waals surface area contributed by atoms with Crippen LogP contribution in [0.1, 0.15) is 18.5 Å². The summed E-state index contributed by atoms with van der Waals surface area (Å²) in [6.45, 7) is 2.35. The number of aromatic nitrogens is 4. The third kappa shape index (κ3) is 3.41. The number of nitrogens with zero attached hydrogens (tertiary/aromatic N) is 4. The fourth-order valence-electron chi connectivity index (χ4n) is 9.45. The molecule has 0 amide bonds. The van der Waals surface area contributed by atoms with Gasteiger partial charge in [0, 0.05) is 61.0 Å². The second kappa shape index (κ2) is 9.74. The molecule has 1 atom stereocenters.